The van der Waals surface area contributed by atoms with E-state index in [9.17, 15) is 4.79 Å². The van der Waals surface area contributed by atoms with Crippen molar-refractivity contribution in [3.63, 3.8) is 0 Å². The summed E-state index contributed by atoms with van der Waals surface area (Å²) in [5, 5.41) is 9.46. The molecule has 0 atom stereocenters. The van der Waals surface area contributed by atoms with E-state index in [0.29, 0.717) is 18.2 Å². The van der Waals surface area contributed by atoms with E-state index in [1.54, 1.807) is 22.5 Å². The molecule has 0 radical (unpaired) electrons. The fourth-order valence-corrected chi connectivity index (χ4v) is 3.32. The summed E-state index contributed by atoms with van der Waals surface area (Å²) in [5.41, 5.74) is 2.39. The molecule has 1 amide bonds. The fraction of sp³-hybridized carbons (Fsp3) is 0.111. The van der Waals surface area contributed by atoms with Crippen molar-refractivity contribution in [2.24, 2.45) is 7.05 Å². The van der Waals surface area contributed by atoms with Crippen LogP contribution in [0.3, 0.4) is 0 Å². The number of aromatic nitrogens is 5. The van der Waals surface area contributed by atoms with Gasteiger partial charge in [0.1, 0.15) is 10.7 Å². The summed E-state index contributed by atoms with van der Waals surface area (Å²) in [7, 11) is 1.84. The molecule has 0 aliphatic rings. The van der Waals surface area contributed by atoms with Crippen LogP contribution in [0.15, 0.2) is 60.5 Å². The number of anilines is 1. The maximum absolute atomic E-state index is 12.5. The largest absolute Gasteiger partial charge is 0.313 e. The van der Waals surface area contributed by atoms with E-state index in [4.69, 9.17) is 0 Å². The minimum atomic E-state index is -0.281. The number of carbonyl (C=O) groups excluding carboxylic acids is 1. The van der Waals surface area contributed by atoms with Crippen LogP contribution in [0.5, 0.6) is 0 Å². The van der Waals surface area contributed by atoms with E-state index in [-0.39, 0.29) is 5.91 Å². The Balaban J connectivity index is 1.49. The smallest absolute Gasteiger partial charge is 0.277 e. The summed E-state index contributed by atoms with van der Waals surface area (Å²) in [6.07, 6.45) is 7.10. The predicted molar refractivity (Wildman–Crippen MR) is 100 cm³/mol. The Bertz CT molecular complexity index is 1030. The topological polar surface area (TPSA) is 77.6 Å². The minimum absolute atomic E-state index is 0.281. The summed E-state index contributed by atoms with van der Waals surface area (Å²) >= 11 is 1.41. The van der Waals surface area contributed by atoms with Crippen molar-refractivity contribution in [3.05, 3.63) is 71.8 Å². The van der Waals surface area contributed by atoms with Crippen molar-refractivity contribution in [1.82, 2.24) is 24.3 Å². The maximum Gasteiger partial charge on any atom is 0.277 e. The zero-order chi connectivity index (χ0) is 17.9. The normalized spacial score (nSPS) is 10.8. The van der Waals surface area contributed by atoms with Gasteiger partial charge in [-0.25, -0.2) is 9.97 Å². The summed E-state index contributed by atoms with van der Waals surface area (Å²) in [4.78, 5) is 21.2. The molecule has 0 saturated heterocycles. The van der Waals surface area contributed by atoms with Crippen molar-refractivity contribution in [2.45, 2.75) is 6.54 Å². The van der Waals surface area contributed by atoms with Crippen molar-refractivity contribution in [3.8, 4) is 10.6 Å². The summed E-state index contributed by atoms with van der Waals surface area (Å²) < 4.78 is 3.60. The number of rotatable bonds is 5. The standard InChI is InChI=1S/C18H16N6OS/c1-23-11-14(9-20-23)17-21-15(12-26-17)16(25)22-18-19-7-8-24(18)10-13-5-3-2-4-6-13/h2-9,11-12H,10H2,1H3,(H,19,22,25). The Labute approximate surface area is 154 Å². The number of nitrogens with one attached hydrogen (secondary N) is 1. The number of imidazole rings is 1. The minimum Gasteiger partial charge on any atom is -0.313 e. The van der Waals surface area contributed by atoms with Gasteiger partial charge in [0.15, 0.2) is 0 Å². The molecule has 4 rings (SSSR count). The monoisotopic (exact) mass is 364 g/mol. The van der Waals surface area contributed by atoms with Gasteiger partial charge in [0, 0.05) is 36.6 Å². The lowest BCUT2D eigenvalue weighted by molar-refractivity contribution is 0.102. The van der Waals surface area contributed by atoms with Gasteiger partial charge in [0.05, 0.1) is 12.7 Å². The summed E-state index contributed by atoms with van der Waals surface area (Å²) in [6, 6.07) is 10.0. The molecule has 1 aromatic carbocycles. The fourth-order valence-electron chi connectivity index (χ4n) is 2.55. The number of carbonyl (C=O) groups is 1. The van der Waals surface area contributed by atoms with Gasteiger partial charge in [-0.2, -0.15) is 5.10 Å². The quantitative estimate of drug-likeness (QED) is 0.590. The van der Waals surface area contributed by atoms with E-state index in [1.807, 2.05) is 54.3 Å². The lowest BCUT2D eigenvalue weighted by Crippen LogP contribution is -2.16. The van der Waals surface area contributed by atoms with Crippen LogP contribution < -0.4 is 5.32 Å². The first kappa shape index (κ1) is 16.2. The molecule has 0 aliphatic heterocycles. The Kier molecular flexibility index (Phi) is 4.32. The van der Waals surface area contributed by atoms with Crippen LogP contribution in [0.4, 0.5) is 5.95 Å². The molecule has 0 saturated carbocycles. The number of hydrogen-bond acceptors (Lipinski definition) is 5. The molecule has 0 aliphatic carbocycles. The van der Waals surface area contributed by atoms with Crippen LogP contribution in [0.25, 0.3) is 10.6 Å². The van der Waals surface area contributed by atoms with Gasteiger partial charge in [-0.3, -0.25) is 14.8 Å². The molecular weight excluding hydrogens is 348 g/mol. The number of benzene rings is 1. The van der Waals surface area contributed by atoms with Crippen molar-refractivity contribution < 1.29 is 4.79 Å². The molecule has 0 unspecified atom stereocenters. The Hall–Kier alpha value is -3.26. The predicted octanol–water partition coefficient (Wildman–Crippen LogP) is 3.04. The molecule has 7 nitrogen and oxygen atoms in total. The van der Waals surface area contributed by atoms with E-state index in [1.165, 1.54) is 11.3 Å². The number of hydrogen-bond donors (Lipinski definition) is 1. The van der Waals surface area contributed by atoms with E-state index < -0.39 is 0 Å². The third-order valence-electron chi connectivity index (χ3n) is 3.83. The highest BCUT2D eigenvalue weighted by atomic mass is 32.1. The van der Waals surface area contributed by atoms with E-state index >= 15 is 0 Å². The van der Waals surface area contributed by atoms with Gasteiger partial charge in [0.2, 0.25) is 5.95 Å². The number of thiazole rings is 1. The zero-order valence-corrected chi connectivity index (χ0v) is 14.8. The summed E-state index contributed by atoms with van der Waals surface area (Å²) in [5.74, 6) is 0.215. The van der Waals surface area contributed by atoms with Gasteiger partial charge in [-0.15, -0.1) is 11.3 Å². The average molecular weight is 364 g/mol. The lowest BCUT2D eigenvalue weighted by atomic mass is 10.2. The lowest BCUT2D eigenvalue weighted by Gasteiger charge is -2.08. The first-order chi connectivity index (χ1) is 12.7. The first-order valence-electron chi connectivity index (χ1n) is 8.00. The van der Waals surface area contributed by atoms with Gasteiger partial charge in [-0.1, -0.05) is 30.3 Å². The summed E-state index contributed by atoms with van der Waals surface area (Å²) in [6.45, 7) is 0.633. The van der Waals surface area contributed by atoms with Gasteiger partial charge < -0.3 is 4.57 Å². The van der Waals surface area contributed by atoms with Gasteiger partial charge >= 0.3 is 0 Å². The van der Waals surface area contributed by atoms with E-state index in [0.717, 1.165) is 16.1 Å². The first-order valence-corrected chi connectivity index (χ1v) is 8.88. The highest BCUT2D eigenvalue weighted by Gasteiger charge is 2.15. The van der Waals surface area contributed by atoms with Crippen LogP contribution in [0, 0.1) is 0 Å². The second-order valence-electron chi connectivity index (χ2n) is 5.76. The number of aryl methyl sites for hydroxylation is 1. The van der Waals surface area contributed by atoms with Crippen molar-refractivity contribution in [2.75, 3.05) is 5.32 Å². The molecule has 4 aromatic rings. The highest BCUT2D eigenvalue weighted by Crippen LogP contribution is 2.23. The Morgan fingerprint density at radius 1 is 1.27 bits per heavy atom. The van der Waals surface area contributed by atoms with Gasteiger partial charge in [-0.05, 0) is 5.56 Å². The number of amides is 1. The molecule has 1 N–H and O–H groups in total. The Morgan fingerprint density at radius 3 is 2.88 bits per heavy atom. The molecule has 8 heteroatoms. The molecule has 3 heterocycles. The molecule has 130 valence electrons. The Morgan fingerprint density at radius 2 is 2.12 bits per heavy atom. The highest BCUT2D eigenvalue weighted by molar-refractivity contribution is 7.13. The SMILES string of the molecule is Cn1cc(-c2nc(C(=O)Nc3nccn3Cc3ccccc3)cs2)cn1. The number of nitrogens with zero attached hydrogens (tertiary/aromatic N) is 5. The van der Waals surface area contributed by atoms with E-state index in [2.05, 4.69) is 20.4 Å². The molecular formula is C18H16N6OS. The van der Waals surface area contributed by atoms with Gasteiger partial charge in [0.25, 0.3) is 5.91 Å². The molecule has 3 aromatic heterocycles. The van der Waals surface area contributed by atoms with Crippen molar-refractivity contribution in [1.29, 1.82) is 0 Å². The van der Waals surface area contributed by atoms with Crippen LogP contribution in [0.1, 0.15) is 16.1 Å². The maximum atomic E-state index is 12.5. The van der Waals surface area contributed by atoms with Crippen LogP contribution >= 0.6 is 11.3 Å². The molecule has 0 bridgehead atoms. The average Bonchev–Trinajstić information content (AvgIpc) is 3.37. The van der Waals surface area contributed by atoms with Crippen LogP contribution in [0.2, 0.25) is 0 Å². The van der Waals surface area contributed by atoms with Crippen LogP contribution in [-0.2, 0) is 13.6 Å². The third kappa shape index (κ3) is 3.40. The van der Waals surface area contributed by atoms with Crippen LogP contribution in [-0.4, -0.2) is 30.2 Å². The molecule has 0 spiro atoms. The molecule has 26 heavy (non-hydrogen) atoms. The zero-order valence-electron chi connectivity index (χ0n) is 14.0. The third-order valence-corrected chi connectivity index (χ3v) is 4.72. The molecule has 0 fully saturated rings. The second-order valence-corrected chi connectivity index (χ2v) is 6.62. The van der Waals surface area contributed by atoms with Crippen molar-refractivity contribution >= 4 is 23.2 Å². The second kappa shape index (κ2) is 6.93.